The lowest BCUT2D eigenvalue weighted by Gasteiger charge is -2.43. The molecule has 0 aromatic heterocycles. The largest absolute Gasteiger partial charge is 0.400 e. The van der Waals surface area contributed by atoms with Gasteiger partial charge in [-0.25, -0.2) is 0 Å². The molecule has 0 unspecified atom stereocenters. The summed E-state index contributed by atoms with van der Waals surface area (Å²) < 4.78 is 0. The third-order valence-electron chi connectivity index (χ3n) is 3.98. The van der Waals surface area contributed by atoms with Crippen LogP contribution in [0.3, 0.4) is 0 Å². The third-order valence-corrected chi connectivity index (χ3v) is 3.98. The van der Waals surface area contributed by atoms with Gasteiger partial charge in [-0.3, -0.25) is 4.90 Å². The van der Waals surface area contributed by atoms with Gasteiger partial charge < -0.3 is 16.0 Å². The fourth-order valence-electron chi connectivity index (χ4n) is 2.40. The molecule has 4 heteroatoms. The highest BCUT2D eigenvalue weighted by Gasteiger charge is 2.26. The van der Waals surface area contributed by atoms with Crippen LogP contribution >= 0.6 is 0 Å². The molecule has 1 fully saturated rings. The lowest BCUT2D eigenvalue weighted by Crippen LogP contribution is -2.53. The first kappa shape index (κ1) is 17.3. The van der Waals surface area contributed by atoms with Crippen molar-refractivity contribution in [1.29, 1.82) is 0 Å². The normalized spacial score (nSPS) is 20.1. The maximum atomic E-state index is 6.24. The Bertz CT molecular complexity index is 338. The lowest BCUT2D eigenvalue weighted by molar-refractivity contribution is 0.0758. The predicted molar refractivity (Wildman–Crippen MR) is 87.5 cm³/mol. The van der Waals surface area contributed by atoms with E-state index in [1.807, 2.05) is 0 Å². The zero-order valence-electron chi connectivity index (χ0n) is 14.5. The SMILES string of the molecule is C/C(=C(\N)CNC(C)(C)C)N1CCN(C(C)(C)C)CC1. The summed E-state index contributed by atoms with van der Waals surface area (Å²) in [6.45, 7) is 20.6. The second-order valence-electron chi connectivity index (χ2n) is 7.86. The maximum absolute atomic E-state index is 6.24. The molecular formula is C16H34N4. The molecule has 1 saturated heterocycles. The molecule has 4 nitrogen and oxygen atoms in total. The monoisotopic (exact) mass is 282 g/mol. The number of allylic oxidation sites excluding steroid dienone is 1. The van der Waals surface area contributed by atoms with Crippen molar-refractivity contribution in [2.24, 2.45) is 5.73 Å². The Morgan fingerprint density at radius 1 is 1.00 bits per heavy atom. The van der Waals surface area contributed by atoms with Gasteiger partial charge in [-0.2, -0.15) is 0 Å². The average molecular weight is 282 g/mol. The molecule has 3 N–H and O–H groups in total. The quantitative estimate of drug-likeness (QED) is 0.831. The number of nitrogens with two attached hydrogens (primary N) is 1. The van der Waals surface area contributed by atoms with Crippen LogP contribution in [0.5, 0.6) is 0 Å². The van der Waals surface area contributed by atoms with Gasteiger partial charge in [0.05, 0.1) is 0 Å². The minimum absolute atomic E-state index is 0.107. The zero-order chi connectivity index (χ0) is 15.6. The van der Waals surface area contributed by atoms with Crippen LogP contribution in [0.2, 0.25) is 0 Å². The summed E-state index contributed by atoms with van der Waals surface area (Å²) in [5.74, 6) is 0. The van der Waals surface area contributed by atoms with E-state index in [0.29, 0.717) is 0 Å². The van der Waals surface area contributed by atoms with Gasteiger partial charge in [0, 0.05) is 55.2 Å². The number of nitrogens with one attached hydrogen (secondary N) is 1. The number of nitrogens with zero attached hydrogens (tertiary/aromatic N) is 2. The van der Waals surface area contributed by atoms with Crippen molar-refractivity contribution in [3.05, 3.63) is 11.4 Å². The van der Waals surface area contributed by atoms with Gasteiger partial charge in [0.1, 0.15) is 0 Å². The van der Waals surface area contributed by atoms with Crippen molar-refractivity contribution in [3.8, 4) is 0 Å². The lowest BCUT2D eigenvalue weighted by atomic mass is 10.0. The van der Waals surface area contributed by atoms with Gasteiger partial charge in [0.2, 0.25) is 0 Å². The number of hydrogen-bond donors (Lipinski definition) is 2. The molecule has 20 heavy (non-hydrogen) atoms. The number of piperazine rings is 1. The van der Waals surface area contributed by atoms with Gasteiger partial charge in [0.15, 0.2) is 0 Å². The van der Waals surface area contributed by atoms with Crippen LogP contribution < -0.4 is 11.1 Å². The van der Waals surface area contributed by atoms with E-state index in [9.17, 15) is 0 Å². The molecule has 0 bridgehead atoms. The summed E-state index contributed by atoms with van der Waals surface area (Å²) in [6, 6.07) is 0. The molecule has 1 aliphatic rings. The molecule has 118 valence electrons. The maximum Gasteiger partial charge on any atom is 0.0413 e. The highest BCUT2D eigenvalue weighted by molar-refractivity contribution is 5.11. The van der Waals surface area contributed by atoms with Crippen molar-refractivity contribution in [2.75, 3.05) is 32.7 Å². The van der Waals surface area contributed by atoms with Gasteiger partial charge >= 0.3 is 0 Å². The molecule has 1 aliphatic heterocycles. The molecule has 1 heterocycles. The highest BCUT2D eigenvalue weighted by atomic mass is 15.3. The second-order valence-corrected chi connectivity index (χ2v) is 7.86. The van der Waals surface area contributed by atoms with Crippen LogP contribution in [0.1, 0.15) is 48.5 Å². The Balaban J connectivity index is 2.55. The van der Waals surface area contributed by atoms with E-state index < -0.39 is 0 Å². The summed E-state index contributed by atoms with van der Waals surface area (Å²) in [7, 11) is 0. The van der Waals surface area contributed by atoms with Crippen LogP contribution in [-0.2, 0) is 0 Å². The van der Waals surface area contributed by atoms with Crippen molar-refractivity contribution in [2.45, 2.75) is 59.5 Å². The van der Waals surface area contributed by atoms with E-state index in [1.165, 1.54) is 5.70 Å². The van der Waals surface area contributed by atoms with Crippen LogP contribution in [0.4, 0.5) is 0 Å². The first-order valence-corrected chi connectivity index (χ1v) is 7.71. The first-order valence-electron chi connectivity index (χ1n) is 7.71. The van der Waals surface area contributed by atoms with Crippen molar-refractivity contribution in [3.63, 3.8) is 0 Å². The molecular weight excluding hydrogens is 248 g/mol. The zero-order valence-corrected chi connectivity index (χ0v) is 14.5. The van der Waals surface area contributed by atoms with Crippen molar-refractivity contribution < 1.29 is 0 Å². The molecule has 0 aliphatic carbocycles. The van der Waals surface area contributed by atoms with E-state index >= 15 is 0 Å². The number of hydrogen-bond acceptors (Lipinski definition) is 4. The Labute approximate surface area is 125 Å². The van der Waals surface area contributed by atoms with Crippen molar-refractivity contribution >= 4 is 0 Å². The predicted octanol–water partition coefficient (Wildman–Crippen LogP) is 1.98. The minimum Gasteiger partial charge on any atom is -0.400 e. The van der Waals surface area contributed by atoms with Gasteiger partial charge in [-0.15, -0.1) is 0 Å². The van der Waals surface area contributed by atoms with Crippen molar-refractivity contribution in [1.82, 2.24) is 15.1 Å². The fourth-order valence-corrected chi connectivity index (χ4v) is 2.40. The third kappa shape index (κ3) is 5.33. The first-order chi connectivity index (χ1) is 9.00. The van der Waals surface area contributed by atoms with Crippen LogP contribution in [0.25, 0.3) is 0 Å². The standard InChI is InChI=1S/C16H34N4/c1-13(14(17)12-18-15(2,3)4)19-8-10-20(11-9-19)16(5,6)7/h18H,8-12,17H2,1-7H3/b14-13+. The Morgan fingerprint density at radius 2 is 1.50 bits per heavy atom. The number of rotatable bonds is 3. The molecule has 0 aromatic rings. The summed E-state index contributed by atoms with van der Waals surface area (Å²) in [4.78, 5) is 4.96. The fraction of sp³-hybridized carbons (Fsp3) is 0.875. The van der Waals surface area contributed by atoms with E-state index in [1.54, 1.807) is 0 Å². The molecule has 0 radical (unpaired) electrons. The summed E-state index contributed by atoms with van der Waals surface area (Å²) in [5, 5.41) is 3.45. The van der Waals surface area contributed by atoms with Crippen LogP contribution in [-0.4, -0.2) is 53.6 Å². The second kappa shape index (κ2) is 6.35. The van der Waals surface area contributed by atoms with Gasteiger partial charge in [-0.05, 0) is 48.5 Å². The summed E-state index contributed by atoms with van der Waals surface area (Å²) in [6.07, 6.45) is 0. The van der Waals surface area contributed by atoms with E-state index in [0.717, 1.165) is 38.4 Å². The molecule has 1 rings (SSSR count). The van der Waals surface area contributed by atoms with Crippen LogP contribution in [0.15, 0.2) is 11.4 Å². The topological polar surface area (TPSA) is 44.5 Å². The summed E-state index contributed by atoms with van der Waals surface area (Å²) in [5.41, 5.74) is 8.81. The molecule has 0 atom stereocenters. The summed E-state index contributed by atoms with van der Waals surface area (Å²) >= 11 is 0. The Kier molecular flexibility index (Phi) is 5.50. The highest BCUT2D eigenvalue weighted by Crippen LogP contribution is 2.18. The molecule has 0 saturated carbocycles. The molecule has 0 spiro atoms. The van der Waals surface area contributed by atoms with Gasteiger partial charge in [-0.1, -0.05) is 0 Å². The minimum atomic E-state index is 0.107. The van der Waals surface area contributed by atoms with Gasteiger partial charge in [0.25, 0.3) is 0 Å². The van der Waals surface area contributed by atoms with E-state index in [4.69, 9.17) is 5.73 Å². The molecule has 0 aromatic carbocycles. The smallest absolute Gasteiger partial charge is 0.0413 e. The Morgan fingerprint density at radius 3 is 1.90 bits per heavy atom. The van der Waals surface area contributed by atoms with Crippen LogP contribution in [0, 0.1) is 0 Å². The Hall–Kier alpha value is -0.740. The molecule has 0 amide bonds. The van der Waals surface area contributed by atoms with E-state index in [-0.39, 0.29) is 11.1 Å². The average Bonchev–Trinajstić information content (AvgIpc) is 2.33. The van der Waals surface area contributed by atoms with E-state index in [2.05, 4.69) is 63.6 Å².